The van der Waals surface area contributed by atoms with Gasteiger partial charge in [-0.2, -0.15) is 0 Å². The zero-order valence-corrected chi connectivity index (χ0v) is 11.0. The Morgan fingerprint density at radius 3 is 2.56 bits per heavy atom. The molecule has 2 atom stereocenters. The molecule has 0 spiro atoms. The molecular formula is C13H11BrN2O2. The van der Waals surface area contributed by atoms with Gasteiger partial charge in [-0.25, -0.2) is 0 Å². The number of carbonyl (C=O) groups is 1. The van der Waals surface area contributed by atoms with Gasteiger partial charge in [-0.3, -0.25) is 9.69 Å². The topological polar surface area (TPSA) is 59.5 Å². The van der Waals surface area contributed by atoms with E-state index in [1.54, 1.807) is 17.2 Å². The summed E-state index contributed by atoms with van der Waals surface area (Å²) in [7, 11) is 0. The van der Waals surface area contributed by atoms with E-state index in [1.807, 2.05) is 30.3 Å². The molecule has 2 unspecified atom stereocenters. The molecule has 0 bridgehead atoms. The minimum Gasteiger partial charge on any atom is -0.467 e. The number of halogens is 1. The predicted octanol–water partition coefficient (Wildman–Crippen LogP) is 2.46. The van der Waals surface area contributed by atoms with Crippen molar-refractivity contribution in [2.45, 2.75) is 12.1 Å². The van der Waals surface area contributed by atoms with E-state index in [4.69, 9.17) is 10.2 Å². The van der Waals surface area contributed by atoms with E-state index in [-0.39, 0.29) is 11.9 Å². The van der Waals surface area contributed by atoms with E-state index >= 15 is 0 Å². The maximum Gasteiger partial charge on any atom is 0.247 e. The molecule has 4 nitrogen and oxygen atoms in total. The summed E-state index contributed by atoms with van der Waals surface area (Å²) in [6.07, 6.45) is 1.59. The molecule has 2 N–H and O–H groups in total. The van der Waals surface area contributed by atoms with Crippen LogP contribution in [0.5, 0.6) is 0 Å². The minimum atomic E-state index is -0.528. The number of nitrogens with two attached hydrogens (primary N) is 1. The number of rotatable bonds is 2. The highest BCUT2D eigenvalue weighted by Crippen LogP contribution is 2.38. The van der Waals surface area contributed by atoms with Gasteiger partial charge in [0.1, 0.15) is 17.8 Å². The van der Waals surface area contributed by atoms with Crippen molar-refractivity contribution in [3.8, 4) is 0 Å². The van der Waals surface area contributed by atoms with Crippen LogP contribution < -0.4 is 10.6 Å². The van der Waals surface area contributed by atoms with Gasteiger partial charge < -0.3 is 10.2 Å². The molecule has 0 radical (unpaired) electrons. The number of anilines is 1. The number of hydrogen-bond donors (Lipinski definition) is 1. The lowest BCUT2D eigenvalue weighted by atomic mass is 9.92. The first-order valence-electron chi connectivity index (χ1n) is 5.56. The van der Waals surface area contributed by atoms with Gasteiger partial charge in [0, 0.05) is 10.2 Å². The van der Waals surface area contributed by atoms with Crippen LogP contribution in [0.1, 0.15) is 11.8 Å². The van der Waals surface area contributed by atoms with Crippen LogP contribution in [-0.2, 0) is 4.79 Å². The quantitative estimate of drug-likeness (QED) is 0.867. The third kappa shape index (κ3) is 1.67. The fourth-order valence-electron chi connectivity index (χ4n) is 2.16. The molecule has 1 aromatic carbocycles. The molecule has 5 heteroatoms. The molecule has 1 aromatic heterocycles. The summed E-state index contributed by atoms with van der Waals surface area (Å²) >= 11 is 3.37. The van der Waals surface area contributed by atoms with Crippen LogP contribution in [0.15, 0.2) is 51.6 Å². The van der Waals surface area contributed by atoms with Crippen LogP contribution in [0.2, 0.25) is 0 Å². The number of furan rings is 1. The standard InChI is InChI=1S/C13H11BrN2O2/c14-8-3-5-9(6-4-8)16-12(11(15)13(16)17)10-2-1-7-18-10/h1-7,11-12H,15H2. The molecule has 2 aromatic rings. The number of amides is 1. The Balaban J connectivity index is 1.95. The highest BCUT2D eigenvalue weighted by molar-refractivity contribution is 9.10. The molecule has 3 rings (SSSR count). The normalized spacial score (nSPS) is 23.0. The summed E-state index contributed by atoms with van der Waals surface area (Å²) in [6, 6.07) is 10.4. The van der Waals surface area contributed by atoms with Crippen LogP contribution in [0, 0.1) is 0 Å². The maximum absolute atomic E-state index is 11.9. The Bertz CT molecular complexity index is 565. The summed E-state index contributed by atoms with van der Waals surface area (Å²) in [6.45, 7) is 0. The van der Waals surface area contributed by atoms with E-state index in [1.165, 1.54) is 0 Å². The lowest BCUT2D eigenvalue weighted by Crippen LogP contribution is -2.63. The van der Waals surface area contributed by atoms with Crippen molar-refractivity contribution in [3.63, 3.8) is 0 Å². The van der Waals surface area contributed by atoms with E-state index in [0.29, 0.717) is 5.76 Å². The van der Waals surface area contributed by atoms with Crippen molar-refractivity contribution in [1.29, 1.82) is 0 Å². The molecule has 0 aliphatic carbocycles. The van der Waals surface area contributed by atoms with Gasteiger partial charge >= 0.3 is 0 Å². The number of carbonyl (C=O) groups excluding carboxylic acids is 1. The number of hydrogen-bond acceptors (Lipinski definition) is 3. The average molecular weight is 307 g/mol. The second-order valence-electron chi connectivity index (χ2n) is 4.17. The molecular weight excluding hydrogens is 296 g/mol. The molecule has 92 valence electrons. The van der Waals surface area contributed by atoms with Crippen molar-refractivity contribution >= 4 is 27.5 Å². The summed E-state index contributed by atoms with van der Waals surface area (Å²) in [4.78, 5) is 13.6. The first-order valence-corrected chi connectivity index (χ1v) is 6.35. The monoisotopic (exact) mass is 306 g/mol. The van der Waals surface area contributed by atoms with Gasteiger partial charge in [-0.15, -0.1) is 0 Å². The molecule has 1 fully saturated rings. The molecule has 1 aliphatic heterocycles. The highest BCUT2D eigenvalue weighted by atomic mass is 79.9. The molecule has 0 saturated carbocycles. The average Bonchev–Trinajstić information content (AvgIpc) is 2.89. The Kier molecular flexibility index (Phi) is 2.72. The predicted molar refractivity (Wildman–Crippen MR) is 71.1 cm³/mol. The van der Waals surface area contributed by atoms with Crippen LogP contribution in [0.3, 0.4) is 0 Å². The third-order valence-electron chi connectivity index (χ3n) is 3.08. The van der Waals surface area contributed by atoms with Gasteiger partial charge in [0.15, 0.2) is 0 Å². The fraction of sp³-hybridized carbons (Fsp3) is 0.154. The van der Waals surface area contributed by atoms with Crippen molar-refractivity contribution in [2.24, 2.45) is 5.73 Å². The first-order chi connectivity index (χ1) is 8.68. The van der Waals surface area contributed by atoms with Crippen LogP contribution in [-0.4, -0.2) is 11.9 Å². The first kappa shape index (κ1) is 11.5. The van der Waals surface area contributed by atoms with Crippen LogP contribution >= 0.6 is 15.9 Å². The summed E-state index contributed by atoms with van der Waals surface area (Å²) in [5, 5.41) is 0. The van der Waals surface area contributed by atoms with Gasteiger partial charge in [-0.05, 0) is 36.4 Å². The highest BCUT2D eigenvalue weighted by Gasteiger charge is 2.48. The van der Waals surface area contributed by atoms with Crippen molar-refractivity contribution in [1.82, 2.24) is 0 Å². The summed E-state index contributed by atoms with van der Waals surface area (Å²) in [5.41, 5.74) is 6.68. The lowest BCUT2D eigenvalue weighted by molar-refractivity contribution is -0.126. The summed E-state index contributed by atoms with van der Waals surface area (Å²) < 4.78 is 6.32. The largest absolute Gasteiger partial charge is 0.467 e. The van der Waals surface area contributed by atoms with Crippen LogP contribution in [0.25, 0.3) is 0 Å². The molecule has 18 heavy (non-hydrogen) atoms. The van der Waals surface area contributed by atoms with E-state index in [9.17, 15) is 4.79 Å². The van der Waals surface area contributed by atoms with Gasteiger partial charge in [0.2, 0.25) is 5.91 Å². The maximum atomic E-state index is 11.9. The fourth-order valence-corrected chi connectivity index (χ4v) is 2.43. The SMILES string of the molecule is NC1C(=O)N(c2ccc(Br)cc2)C1c1ccco1. The Labute approximate surface area is 113 Å². The second kappa shape index (κ2) is 4.26. The van der Waals surface area contributed by atoms with Gasteiger partial charge in [-0.1, -0.05) is 15.9 Å². The lowest BCUT2D eigenvalue weighted by Gasteiger charge is -2.44. The number of benzene rings is 1. The van der Waals surface area contributed by atoms with Crippen LogP contribution in [0.4, 0.5) is 5.69 Å². The molecule has 2 heterocycles. The summed E-state index contributed by atoms with van der Waals surface area (Å²) in [5.74, 6) is 0.628. The number of β-lactam (4-membered cyclic amide) rings is 1. The number of nitrogens with zero attached hydrogens (tertiary/aromatic N) is 1. The van der Waals surface area contributed by atoms with E-state index < -0.39 is 6.04 Å². The minimum absolute atomic E-state index is 0.0845. The van der Waals surface area contributed by atoms with Crippen molar-refractivity contribution < 1.29 is 9.21 Å². The molecule has 1 aliphatic rings. The van der Waals surface area contributed by atoms with Crippen molar-refractivity contribution in [2.75, 3.05) is 4.90 Å². The molecule has 1 amide bonds. The Morgan fingerprint density at radius 2 is 1.94 bits per heavy atom. The smallest absolute Gasteiger partial charge is 0.247 e. The second-order valence-corrected chi connectivity index (χ2v) is 5.09. The molecule has 1 saturated heterocycles. The Morgan fingerprint density at radius 1 is 1.22 bits per heavy atom. The van der Waals surface area contributed by atoms with E-state index in [2.05, 4.69) is 15.9 Å². The van der Waals surface area contributed by atoms with Gasteiger partial charge in [0.05, 0.1) is 6.26 Å². The van der Waals surface area contributed by atoms with Gasteiger partial charge in [0.25, 0.3) is 0 Å². The van der Waals surface area contributed by atoms with Crippen molar-refractivity contribution in [3.05, 3.63) is 52.9 Å². The zero-order valence-electron chi connectivity index (χ0n) is 9.42. The zero-order chi connectivity index (χ0) is 12.7. The third-order valence-corrected chi connectivity index (χ3v) is 3.61. The van der Waals surface area contributed by atoms with E-state index in [0.717, 1.165) is 10.2 Å². The Hall–Kier alpha value is -1.59.